The molecule has 2 unspecified atom stereocenters. The molecular weight excluding hydrogens is 358 g/mol. The topological polar surface area (TPSA) is 32.7 Å². The van der Waals surface area contributed by atoms with E-state index in [1.807, 2.05) is 42.5 Å². The molecule has 1 saturated heterocycles. The summed E-state index contributed by atoms with van der Waals surface area (Å²) in [6.45, 7) is 4.11. The van der Waals surface area contributed by atoms with E-state index in [0.717, 1.165) is 44.0 Å². The lowest BCUT2D eigenvalue weighted by Gasteiger charge is -2.41. The van der Waals surface area contributed by atoms with Gasteiger partial charge in [0.1, 0.15) is 5.60 Å². The van der Waals surface area contributed by atoms with E-state index in [4.69, 9.17) is 4.74 Å². The van der Waals surface area contributed by atoms with Gasteiger partial charge in [-0.25, -0.2) is 0 Å². The van der Waals surface area contributed by atoms with Crippen molar-refractivity contribution in [1.29, 1.82) is 0 Å². The number of rotatable bonds is 7. The lowest BCUT2D eigenvalue weighted by molar-refractivity contribution is -0.0223. The Morgan fingerprint density at radius 2 is 1.34 bits per heavy atom. The molecule has 1 fully saturated rings. The number of morpholine rings is 1. The van der Waals surface area contributed by atoms with Crippen LogP contribution in [0.3, 0.4) is 0 Å². The van der Waals surface area contributed by atoms with Crippen molar-refractivity contribution in [3.63, 3.8) is 0 Å². The number of hydrogen-bond acceptors (Lipinski definition) is 3. The van der Waals surface area contributed by atoms with Gasteiger partial charge in [0.15, 0.2) is 0 Å². The molecule has 3 aromatic rings. The average Bonchev–Trinajstić information content (AvgIpc) is 2.80. The van der Waals surface area contributed by atoms with Crippen molar-refractivity contribution >= 4 is 0 Å². The molecule has 4 rings (SSSR count). The molecule has 150 valence electrons. The summed E-state index contributed by atoms with van der Waals surface area (Å²) in [5.74, 6) is -0.0515. The monoisotopic (exact) mass is 387 g/mol. The van der Waals surface area contributed by atoms with E-state index < -0.39 is 5.60 Å². The van der Waals surface area contributed by atoms with Gasteiger partial charge in [-0.1, -0.05) is 91.0 Å². The molecule has 3 aromatic carbocycles. The number of hydrogen-bond donors (Lipinski definition) is 1. The second-order valence-corrected chi connectivity index (χ2v) is 7.83. The number of nitrogens with zero attached hydrogens (tertiary/aromatic N) is 1. The standard InChI is InChI=1S/C26H29NO2/c28-26(24-14-8-3-9-15-24,20-22-10-4-1-5-11-22)25(23-12-6-2-7-13-23)21-27-16-18-29-19-17-27/h1-15,25,28H,16-21H2. The van der Waals surface area contributed by atoms with Gasteiger partial charge in [0.05, 0.1) is 13.2 Å². The molecule has 0 bridgehead atoms. The predicted octanol–water partition coefficient (Wildman–Crippen LogP) is 4.23. The molecule has 0 aliphatic carbocycles. The zero-order valence-electron chi connectivity index (χ0n) is 16.8. The van der Waals surface area contributed by atoms with E-state index in [-0.39, 0.29) is 5.92 Å². The van der Waals surface area contributed by atoms with Crippen molar-refractivity contribution in [2.45, 2.75) is 17.9 Å². The number of ether oxygens (including phenoxy) is 1. The minimum absolute atomic E-state index is 0.0515. The average molecular weight is 388 g/mol. The maximum atomic E-state index is 12.3. The van der Waals surface area contributed by atoms with Gasteiger partial charge in [0.25, 0.3) is 0 Å². The van der Waals surface area contributed by atoms with Crippen LogP contribution in [-0.2, 0) is 16.8 Å². The van der Waals surface area contributed by atoms with Crippen molar-refractivity contribution in [3.05, 3.63) is 108 Å². The van der Waals surface area contributed by atoms with E-state index in [2.05, 4.69) is 53.4 Å². The normalized spacial score (nSPS) is 18.1. The van der Waals surface area contributed by atoms with Gasteiger partial charge in [0, 0.05) is 32.0 Å². The van der Waals surface area contributed by atoms with Crippen molar-refractivity contribution in [2.75, 3.05) is 32.8 Å². The molecule has 1 aliphatic heterocycles. The molecular formula is C26H29NO2. The first kappa shape index (κ1) is 19.8. The molecule has 0 radical (unpaired) electrons. The zero-order valence-corrected chi connectivity index (χ0v) is 16.8. The van der Waals surface area contributed by atoms with Crippen LogP contribution in [0, 0.1) is 0 Å². The lowest BCUT2D eigenvalue weighted by Crippen LogP contribution is -2.45. The SMILES string of the molecule is OC(Cc1ccccc1)(c1ccccc1)C(CN1CCOCC1)c1ccccc1. The summed E-state index contributed by atoms with van der Waals surface area (Å²) < 4.78 is 5.55. The van der Waals surface area contributed by atoms with Crippen molar-refractivity contribution in [3.8, 4) is 0 Å². The number of benzene rings is 3. The Labute approximate surface area is 173 Å². The summed E-state index contributed by atoms with van der Waals surface area (Å²) in [7, 11) is 0. The highest BCUT2D eigenvalue weighted by atomic mass is 16.5. The summed E-state index contributed by atoms with van der Waals surface area (Å²) in [6, 6.07) is 30.9. The maximum absolute atomic E-state index is 12.3. The fraction of sp³-hybridized carbons (Fsp3) is 0.308. The molecule has 0 spiro atoms. The van der Waals surface area contributed by atoms with E-state index in [0.29, 0.717) is 6.42 Å². The lowest BCUT2D eigenvalue weighted by atomic mass is 9.73. The zero-order chi connectivity index (χ0) is 19.9. The minimum Gasteiger partial charge on any atom is -0.384 e. The Bertz CT molecular complexity index is 863. The molecule has 3 nitrogen and oxygen atoms in total. The van der Waals surface area contributed by atoms with Crippen LogP contribution in [-0.4, -0.2) is 42.9 Å². The van der Waals surface area contributed by atoms with Gasteiger partial charge in [0.2, 0.25) is 0 Å². The highest BCUT2D eigenvalue weighted by Gasteiger charge is 2.40. The first-order chi connectivity index (χ1) is 14.3. The second-order valence-electron chi connectivity index (χ2n) is 7.83. The van der Waals surface area contributed by atoms with Gasteiger partial charge in [-0.15, -0.1) is 0 Å². The predicted molar refractivity (Wildman–Crippen MR) is 117 cm³/mol. The van der Waals surface area contributed by atoms with Gasteiger partial charge >= 0.3 is 0 Å². The third-order valence-electron chi connectivity index (χ3n) is 5.91. The molecule has 0 amide bonds. The van der Waals surface area contributed by atoms with E-state index >= 15 is 0 Å². The fourth-order valence-electron chi connectivity index (χ4n) is 4.32. The van der Waals surface area contributed by atoms with Crippen LogP contribution in [0.4, 0.5) is 0 Å². The Kier molecular flexibility index (Phi) is 6.40. The summed E-state index contributed by atoms with van der Waals surface area (Å²) in [4.78, 5) is 2.42. The van der Waals surface area contributed by atoms with Crippen LogP contribution < -0.4 is 0 Å². The second kappa shape index (κ2) is 9.36. The summed E-state index contributed by atoms with van der Waals surface area (Å²) in [5.41, 5.74) is 2.26. The molecule has 1 heterocycles. The first-order valence-electron chi connectivity index (χ1n) is 10.4. The molecule has 29 heavy (non-hydrogen) atoms. The van der Waals surface area contributed by atoms with Crippen molar-refractivity contribution < 1.29 is 9.84 Å². The minimum atomic E-state index is -1.01. The summed E-state index contributed by atoms with van der Waals surface area (Å²) in [6.07, 6.45) is 0.571. The van der Waals surface area contributed by atoms with Gasteiger partial charge in [-0.05, 0) is 16.7 Å². The van der Waals surface area contributed by atoms with Crippen LogP contribution in [0.25, 0.3) is 0 Å². The Hall–Kier alpha value is -2.46. The molecule has 1 aliphatic rings. The summed E-state index contributed by atoms with van der Waals surface area (Å²) >= 11 is 0. The first-order valence-corrected chi connectivity index (χ1v) is 10.4. The molecule has 0 saturated carbocycles. The fourth-order valence-corrected chi connectivity index (χ4v) is 4.32. The molecule has 3 heteroatoms. The maximum Gasteiger partial charge on any atom is 0.102 e. The Balaban J connectivity index is 1.76. The molecule has 1 N–H and O–H groups in total. The molecule has 0 aromatic heterocycles. The highest BCUT2D eigenvalue weighted by molar-refractivity contribution is 5.34. The van der Waals surface area contributed by atoms with Crippen LogP contribution in [0.5, 0.6) is 0 Å². The van der Waals surface area contributed by atoms with E-state index in [1.54, 1.807) is 0 Å². The number of aliphatic hydroxyl groups is 1. The molecule has 2 atom stereocenters. The quantitative estimate of drug-likeness (QED) is 0.658. The Morgan fingerprint density at radius 3 is 1.97 bits per heavy atom. The van der Waals surface area contributed by atoms with Crippen LogP contribution in [0.1, 0.15) is 22.6 Å². The van der Waals surface area contributed by atoms with Crippen molar-refractivity contribution in [2.24, 2.45) is 0 Å². The van der Waals surface area contributed by atoms with Crippen LogP contribution in [0.15, 0.2) is 91.0 Å². The van der Waals surface area contributed by atoms with E-state index in [1.165, 1.54) is 5.56 Å². The smallest absolute Gasteiger partial charge is 0.102 e. The third-order valence-corrected chi connectivity index (χ3v) is 5.91. The highest BCUT2D eigenvalue weighted by Crippen LogP contribution is 2.40. The van der Waals surface area contributed by atoms with Gasteiger partial charge in [-0.2, -0.15) is 0 Å². The van der Waals surface area contributed by atoms with Crippen molar-refractivity contribution in [1.82, 2.24) is 4.90 Å². The third kappa shape index (κ3) is 4.76. The van der Waals surface area contributed by atoms with E-state index in [9.17, 15) is 5.11 Å². The van der Waals surface area contributed by atoms with Gasteiger partial charge in [-0.3, -0.25) is 4.90 Å². The van der Waals surface area contributed by atoms with Crippen LogP contribution in [0.2, 0.25) is 0 Å². The Morgan fingerprint density at radius 1 is 0.793 bits per heavy atom. The summed E-state index contributed by atoms with van der Waals surface area (Å²) in [5, 5.41) is 12.3. The van der Waals surface area contributed by atoms with Crippen LogP contribution >= 0.6 is 0 Å². The largest absolute Gasteiger partial charge is 0.384 e. The van der Waals surface area contributed by atoms with Gasteiger partial charge < -0.3 is 9.84 Å².